The first-order valence-corrected chi connectivity index (χ1v) is 10.9. The zero-order valence-electron chi connectivity index (χ0n) is 15.6. The molecule has 0 spiro atoms. The average Bonchev–Trinajstić information content (AvgIpc) is 3.44. The molecule has 1 N–H and O–H groups in total. The Labute approximate surface area is 172 Å². The van der Waals surface area contributed by atoms with Crippen molar-refractivity contribution < 1.29 is 9.53 Å². The molecule has 3 aromatic rings. The number of nitrogens with one attached hydrogen (secondary N) is 1. The van der Waals surface area contributed by atoms with Gasteiger partial charge in [0.05, 0.1) is 13.7 Å². The lowest BCUT2D eigenvalue weighted by Crippen LogP contribution is -2.46. The van der Waals surface area contributed by atoms with Crippen molar-refractivity contribution in [3.05, 3.63) is 57.7 Å². The van der Waals surface area contributed by atoms with E-state index < -0.39 is 0 Å². The minimum atomic E-state index is -0.118. The largest absolute Gasteiger partial charge is 0.497 e. The second kappa shape index (κ2) is 8.62. The normalized spacial score (nSPS) is 14.2. The van der Waals surface area contributed by atoms with Crippen molar-refractivity contribution in [3.8, 4) is 5.75 Å². The number of anilines is 2. The smallest absolute Gasteiger partial charge is 0.271 e. The maximum Gasteiger partial charge on any atom is 0.271 e. The van der Waals surface area contributed by atoms with Crippen LogP contribution in [0.25, 0.3) is 0 Å². The summed E-state index contributed by atoms with van der Waals surface area (Å²) in [5.41, 5.74) is 1.70. The van der Waals surface area contributed by atoms with Crippen molar-refractivity contribution in [2.45, 2.75) is 6.54 Å². The molecule has 0 aliphatic carbocycles. The van der Waals surface area contributed by atoms with Crippen LogP contribution >= 0.6 is 22.7 Å². The maximum absolute atomic E-state index is 12.3. The van der Waals surface area contributed by atoms with E-state index in [1.165, 1.54) is 17.0 Å². The van der Waals surface area contributed by atoms with Crippen LogP contribution in [0.3, 0.4) is 0 Å². The van der Waals surface area contributed by atoms with Gasteiger partial charge in [0.25, 0.3) is 5.91 Å². The Bertz CT molecular complexity index is 901. The number of rotatable bonds is 6. The van der Waals surface area contributed by atoms with E-state index in [2.05, 4.69) is 32.2 Å². The molecule has 3 heterocycles. The van der Waals surface area contributed by atoms with Gasteiger partial charge >= 0.3 is 0 Å². The average molecular weight is 415 g/mol. The molecule has 28 heavy (non-hydrogen) atoms. The number of benzene rings is 1. The number of ether oxygens (including phenoxy) is 1. The molecule has 1 fully saturated rings. The fraction of sp³-hybridized carbons (Fsp3) is 0.300. The highest BCUT2D eigenvalue weighted by Gasteiger charge is 2.21. The van der Waals surface area contributed by atoms with E-state index in [0.717, 1.165) is 41.9 Å². The number of carbonyl (C=O) groups is 1. The first kappa shape index (κ1) is 18.8. The number of carbonyl (C=O) groups excluding carboxylic acids is 1. The lowest BCUT2D eigenvalue weighted by atomic mass is 10.2. The lowest BCUT2D eigenvalue weighted by molar-refractivity contribution is 0.0947. The van der Waals surface area contributed by atoms with Gasteiger partial charge in [-0.1, -0.05) is 6.07 Å². The summed E-state index contributed by atoms with van der Waals surface area (Å²) >= 11 is 3.17. The van der Waals surface area contributed by atoms with Crippen LogP contribution in [0.15, 0.2) is 47.2 Å². The molecule has 4 rings (SSSR count). The highest BCUT2D eigenvalue weighted by atomic mass is 32.1. The van der Waals surface area contributed by atoms with Gasteiger partial charge < -0.3 is 19.9 Å². The van der Waals surface area contributed by atoms with Gasteiger partial charge in [0.1, 0.15) is 11.4 Å². The Kier molecular flexibility index (Phi) is 5.78. The van der Waals surface area contributed by atoms with Crippen LogP contribution in [0.5, 0.6) is 5.75 Å². The molecule has 0 saturated carbocycles. The second-order valence-corrected chi connectivity index (χ2v) is 8.32. The van der Waals surface area contributed by atoms with Gasteiger partial charge in [0.15, 0.2) is 5.13 Å². The minimum Gasteiger partial charge on any atom is -0.497 e. The standard InChI is InChI=1S/C20H22N4O2S2/c1-26-16-6-4-15(5-7-16)23-8-10-24(11-9-23)20-22-18(14-28-20)19(25)21-13-17-3-2-12-27-17/h2-7,12,14H,8-11,13H2,1H3,(H,21,25). The Morgan fingerprint density at radius 3 is 2.54 bits per heavy atom. The number of hydrogen-bond donors (Lipinski definition) is 1. The maximum atomic E-state index is 12.3. The van der Waals surface area contributed by atoms with E-state index in [0.29, 0.717) is 12.2 Å². The summed E-state index contributed by atoms with van der Waals surface area (Å²) in [5.74, 6) is 0.753. The first-order valence-electron chi connectivity index (χ1n) is 9.13. The van der Waals surface area contributed by atoms with Crippen molar-refractivity contribution in [3.63, 3.8) is 0 Å². The zero-order valence-corrected chi connectivity index (χ0v) is 17.3. The number of amides is 1. The topological polar surface area (TPSA) is 57.7 Å². The number of piperazine rings is 1. The summed E-state index contributed by atoms with van der Waals surface area (Å²) in [4.78, 5) is 22.6. The Balaban J connectivity index is 1.31. The molecule has 0 radical (unpaired) electrons. The third kappa shape index (κ3) is 4.28. The van der Waals surface area contributed by atoms with Crippen molar-refractivity contribution in [2.75, 3.05) is 43.1 Å². The summed E-state index contributed by atoms with van der Waals surface area (Å²) in [5, 5.41) is 7.70. The van der Waals surface area contributed by atoms with Crippen LogP contribution in [0, 0.1) is 0 Å². The zero-order chi connectivity index (χ0) is 19.3. The molecule has 8 heteroatoms. The molecule has 2 aromatic heterocycles. The minimum absolute atomic E-state index is 0.118. The predicted molar refractivity (Wildman–Crippen MR) is 115 cm³/mol. The lowest BCUT2D eigenvalue weighted by Gasteiger charge is -2.36. The second-order valence-electron chi connectivity index (χ2n) is 6.45. The monoisotopic (exact) mass is 414 g/mol. The Hall–Kier alpha value is -2.58. The van der Waals surface area contributed by atoms with Crippen LogP contribution in [-0.4, -0.2) is 44.2 Å². The number of nitrogens with zero attached hydrogens (tertiary/aromatic N) is 3. The molecular weight excluding hydrogens is 392 g/mol. The third-order valence-electron chi connectivity index (χ3n) is 4.72. The van der Waals surface area contributed by atoms with Crippen molar-refractivity contribution in [1.29, 1.82) is 0 Å². The summed E-state index contributed by atoms with van der Waals surface area (Å²) in [6, 6.07) is 12.2. The molecule has 0 unspecified atom stereocenters. The molecular formula is C20H22N4O2S2. The fourth-order valence-electron chi connectivity index (χ4n) is 3.13. The van der Waals surface area contributed by atoms with Gasteiger partial charge in [-0.25, -0.2) is 4.98 Å². The van der Waals surface area contributed by atoms with E-state index in [1.807, 2.05) is 35.0 Å². The van der Waals surface area contributed by atoms with Gasteiger partial charge in [0.2, 0.25) is 0 Å². The Morgan fingerprint density at radius 1 is 1.11 bits per heavy atom. The number of thiophene rings is 1. The predicted octanol–water partition coefficient (Wildman–Crippen LogP) is 3.47. The van der Waals surface area contributed by atoms with E-state index in [-0.39, 0.29) is 5.91 Å². The molecule has 0 atom stereocenters. The molecule has 146 valence electrons. The highest BCUT2D eigenvalue weighted by molar-refractivity contribution is 7.14. The summed E-state index contributed by atoms with van der Waals surface area (Å²) in [6.07, 6.45) is 0. The van der Waals surface area contributed by atoms with Gasteiger partial charge in [0, 0.05) is 42.1 Å². The van der Waals surface area contributed by atoms with E-state index >= 15 is 0 Å². The Morgan fingerprint density at radius 2 is 1.86 bits per heavy atom. The van der Waals surface area contributed by atoms with Crippen LogP contribution in [-0.2, 0) is 6.54 Å². The number of thiazole rings is 1. The van der Waals surface area contributed by atoms with Crippen LogP contribution in [0.2, 0.25) is 0 Å². The molecule has 1 aromatic carbocycles. The van der Waals surface area contributed by atoms with Gasteiger partial charge in [-0.2, -0.15) is 0 Å². The SMILES string of the molecule is COc1ccc(N2CCN(c3nc(C(=O)NCc4cccs4)cs3)CC2)cc1. The van der Waals surface area contributed by atoms with Crippen molar-refractivity contribution in [1.82, 2.24) is 10.3 Å². The summed E-state index contributed by atoms with van der Waals surface area (Å²) in [7, 11) is 1.68. The number of methoxy groups -OCH3 is 1. The molecule has 1 aliphatic heterocycles. The van der Waals surface area contributed by atoms with Crippen LogP contribution in [0.4, 0.5) is 10.8 Å². The van der Waals surface area contributed by atoms with Crippen LogP contribution < -0.4 is 19.9 Å². The number of aromatic nitrogens is 1. The van der Waals surface area contributed by atoms with Crippen molar-refractivity contribution in [2.24, 2.45) is 0 Å². The molecule has 1 aliphatic rings. The quantitative estimate of drug-likeness (QED) is 0.669. The molecule has 1 saturated heterocycles. The molecule has 6 nitrogen and oxygen atoms in total. The van der Waals surface area contributed by atoms with E-state index in [4.69, 9.17) is 4.74 Å². The molecule has 1 amide bonds. The summed E-state index contributed by atoms with van der Waals surface area (Å²) in [6.45, 7) is 4.16. The third-order valence-corrected chi connectivity index (χ3v) is 6.49. The van der Waals surface area contributed by atoms with E-state index in [1.54, 1.807) is 18.4 Å². The summed E-state index contributed by atoms with van der Waals surface area (Å²) < 4.78 is 5.23. The van der Waals surface area contributed by atoms with E-state index in [9.17, 15) is 4.79 Å². The fourth-order valence-corrected chi connectivity index (χ4v) is 4.64. The van der Waals surface area contributed by atoms with Gasteiger partial charge in [-0.05, 0) is 35.7 Å². The highest BCUT2D eigenvalue weighted by Crippen LogP contribution is 2.25. The number of hydrogen-bond acceptors (Lipinski definition) is 7. The van der Waals surface area contributed by atoms with Crippen LogP contribution in [0.1, 0.15) is 15.4 Å². The van der Waals surface area contributed by atoms with Gasteiger partial charge in [-0.3, -0.25) is 4.79 Å². The van der Waals surface area contributed by atoms with Gasteiger partial charge in [-0.15, -0.1) is 22.7 Å². The molecule has 0 bridgehead atoms. The first-order chi connectivity index (χ1) is 13.7. The van der Waals surface area contributed by atoms with Crippen molar-refractivity contribution >= 4 is 39.4 Å².